The number of hydrogen-bond donors (Lipinski definition) is 1. The average molecular weight is 239 g/mol. The minimum Gasteiger partial charge on any atom is -0.265 e. The fraction of sp³-hybridized carbons (Fsp3) is 0.769. The Hall–Kier alpha value is -0.570. The molecule has 2 rings (SSSR count). The molecule has 1 aliphatic rings. The van der Waals surface area contributed by atoms with E-state index < -0.39 is 0 Å². The highest BCUT2D eigenvalue weighted by molar-refractivity contribution is 7.13. The minimum atomic E-state index is 0.242. The van der Waals surface area contributed by atoms with E-state index in [-0.39, 0.29) is 5.41 Å². The number of rotatable bonds is 4. The molecule has 1 heterocycles. The van der Waals surface area contributed by atoms with Crippen molar-refractivity contribution in [2.45, 2.75) is 52.5 Å². The van der Waals surface area contributed by atoms with Gasteiger partial charge in [0.15, 0.2) is 0 Å². The first kappa shape index (κ1) is 11.9. The summed E-state index contributed by atoms with van der Waals surface area (Å²) in [5.41, 5.74) is 1.68. The van der Waals surface area contributed by atoms with Crippen LogP contribution in [-0.4, -0.2) is 6.54 Å². The van der Waals surface area contributed by atoms with E-state index in [1.54, 1.807) is 0 Å². The molecule has 0 aliphatic heterocycles. The zero-order valence-corrected chi connectivity index (χ0v) is 11.7. The smallest absolute Gasteiger partial charge is 0.265 e. The van der Waals surface area contributed by atoms with E-state index in [9.17, 15) is 0 Å². The number of nitrogens with zero attached hydrogens (tertiary/aromatic N) is 1. The van der Waals surface area contributed by atoms with Crippen LogP contribution in [0.25, 0.3) is 0 Å². The van der Waals surface area contributed by atoms with Crippen LogP contribution in [0.15, 0.2) is 5.38 Å². The zero-order chi connectivity index (χ0) is 11.8. The van der Waals surface area contributed by atoms with Crippen LogP contribution in [0.5, 0.6) is 0 Å². The van der Waals surface area contributed by atoms with Crippen molar-refractivity contribution in [2.75, 3.05) is 11.9 Å². The molecule has 1 saturated carbocycles. The zero-order valence-electron chi connectivity index (χ0n) is 10.8. The van der Waals surface area contributed by atoms with Gasteiger partial charge in [-0.2, -0.15) is 0 Å². The van der Waals surface area contributed by atoms with Crippen LogP contribution < -0.4 is 9.88 Å². The molecule has 1 aromatic rings. The Morgan fingerprint density at radius 1 is 1.44 bits per heavy atom. The van der Waals surface area contributed by atoms with Gasteiger partial charge in [-0.05, 0) is 25.7 Å². The summed E-state index contributed by atoms with van der Waals surface area (Å²) < 4.78 is 2.42. The minimum absolute atomic E-state index is 0.242. The monoisotopic (exact) mass is 239 g/mol. The van der Waals surface area contributed by atoms with E-state index in [1.165, 1.54) is 23.7 Å². The van der Waals surface area contributed by atoms with Gasteiger partial charge in [0.25, 0.3) is 0 Å². The highest BCUT2D eigenvalue weighted by Crippen LogP contribution is 2.30. The van der Waals surface area contributed by atoms with Crippen molar-refractivity contribution in [2.24, 2.45) is 5.92 Å². The van der Waals surface area contributed by atoms with Crippen molar-refractivity contribution >= 4 is 16.5 Å². The van der Waals surface area contributed by atoms with Crippen LogP contribution in [-0.2, 0) is 12.0 Å². The summed E-state index contributed by atoms with van der Waals surface area (Å²) in [6, 6.07) is 0. The molecule has 16 heavy (non-hydrogen) atoms. The topological polar surface area (TPSA) is 15.9 Å². The maximum Gasteiger partial charge on any atom is 0.333 e. The standard InChI is InChI=1S/C13H22N2S/c1-5-15-11(13(2,3)4)9-16-12(15)14-8-10-6-7-10/h9-10H,5-8H2,1-4H3/p+1. The van der Waals surface area contributed by atoms with Crippen molar-refractivity contribution in [3.05, 3.63) is 11.1 Å². The van der Waals surface area contributed by atoms with E-state index in [4.69, 9.17) is 0 Å². The first-order valence-electron chi connectivity index (χ1n) is 6.28. The summed E-state index contributed by atoms with van der Waals surface area (Å²) in [6.07, 6.45) is 2.83. The van der Waals surface area contributed by atoms with E-state index in [0.29, 0.717) is 0 Å². The second-order valence-electron chi connectivity index (χ2n) is 5.74. The molecule has 1 aromatic heterocycles. The molecule has 90 valence electrons. The largest absolute Gasteiger partial charge is 0.333 e. The fourth-order valence-corrected chi connectivity index (χ4v) is 3.16. The number of hydrogen-bond acceptors (Lipinski definition) is 2. The third kappa shape index (κ3) is 2.57. The van der Waals surface area contributed by atoms with Gasteiger partial charge in [0.2, 0.25) is 0 Å². The fourth-order valence-electron chi connectivity index (χ4n) is 1.93. The van der Waals surface area contributed by atoms with Crippen LogP contribution >= 0.6 is 11.3 Å². The first-order valence-corrected chi connectivity index (χ1v) is 7.16. The molecule has 0 spiro atoms. The van der Waals surface area contributed by atoms with Gasteiger partial charge in [0, 0.05) is 10.8 Å². The summed E-state index contributed by atoms with van der Waals surface area (Å²) in [7, 11) is 0. The summed E-state index contributed by atoms with van der Waals surface area (Å²) >= 11 is 1.85. The Kier molecular flexibility index (Phi) is 3.24. The molecule has 0 unspecified atom stereocenters. The van der Waals surface area contributed by atoms with Gasteiger partial charge in [0.05, 0.1) is 13.1 Å². The van der Waals surface area contributed by atoms with Crippen LogP contribution in [0.3, 0.4) is 0 Å². The van der Waals surface area contributed by atoms with Crippen LogP contribution in [0.2, 0.25) is 0 Å². The quantitative estimate of drug-likeness (QED) is 0.798. The molecule has 0 radical (unpaired) electrons. The molecule has 0 saturated heterocycles. The van der Waals surface area contributed by atoms with Crippen LogP contribution in [0.1, 0.15) is 46.2 Å². The Labute approximate surface area is 103 Å². The molecular formula is C13H23N2S+. The molecule has 0 amide bonds. The Bertz CT molecular complexity index is 358. The number of thiazole rings is 1. The third-order valence-electron chi connectivity index (χ3n) is 3.14. The van der Waals surface area contributed by atoms with Crippen molar-refractivity contribution < 1.29 is 4.57 Å². The van der Waals surface area contributed by atoms with Crippen molar-refractivity contribution in [3.8, 4) is 0 Å². The molecule has 3 heteroatoms. The maximum absolute atomic E-state index is 3.60. The van der Waals surface area contributed by atoms with Crippen molar-refractivity contribution in [3.63, 3.8) is 0 Å². The average Bonchev–Trinajstić information content (AvgIpc) is 2.92. The van der Waals surface area contributed by atoms with Gasteiger partial charge in [-0.25, -0.2) is 4.57 Å². The van der Waals surface area contributed by atoms with Crippen molar-refractivity contribution in [1.82, 2.24) is 0 Å². The Morgan fingerprint density at radius 3 is 2.62 bits per heavy atom. The van der Waals surface area contributed by atoms with Crippen LogP contribution in [0.4, 0.5) is 5.13 Å². The molecule has 1 N–H and O–H groups in total. The van der Waals surface area contributed by atoms with E-state index >= 15 is 0 Å². The number of nitrogens with one attached hydrogen (secondary N) is 1. The van der Waals surface area contributed by atoms with Gasteiger partial charge in [-0.1, -0.05) is 32.1 Å². The number of aromatic nitrogens is 1. The van der Waals surface area contributed by atoms with Gasteiger partial charge in [0.1, 0.15) is 5.69 Å². The normalized spacial score (nSPS) is 16.5. The molecule has 0 aromatic carbocycles. The van der Waals surface area contributed by atoms with Gasteiger partial charge in [-0.15, -0.1) is 0 Å². The third-order valence-corrected chi connectivity index (χ3v) is 4.07. The lowest BCUT2D eigenvalue weighted by Crippen LogP contribution is -2.42. The second kappa shape index (κ2) is 4.36. The predicted molar refractivity (Wildman–Crippen MR) is 70.1 cm³/mol. The second-order valence-corrected chi connectivity index (χ2v) is 6.60. The summed E-state index contributed by atoms with van der Waals surface area (Å²) in [5, 5.41) is 7.24. The van der Waals surface area contributed by atoms with Crippen LogP contribution in [0, 0.1) is 5.92 Å². The van der Waals surface area contributed by atoms with Gasteiger partial charge < -0.3 is 0 Å². The maximum atomic E-state index is 3.60. The predicted octanol–water partition coefficient (Wildman–Crippen LogP) is 3.17. The molecule has 0 atom stereocenters. The summed E-state index contributed by atoms with van der Waals surface area (Å²) in [4.78, 5) is 0. The van der Waals surface area contributed by atoms with Gasteiger partial charge in [-0.3, -0.25) is 5.32 Å². The van der Waals surface area contributed by atoms with E-state index in [1.807, 2.05) is 11.3 Å². The molecule has 0 bridgehead atoms. The molecule has 1 fully saturated rings. The molecular weight excluding hydrogens is 216 g/mol. The number of anilines is 1. The Morgan fingerprint density at radius 2 is 2.12 bits per heavy atom. The first-order chi connectivity index (χ1) is 7.52. The lowest BCUT2D eigenvalue weighted by atomic mass is 9.93. The lowest BCUT2D eigenvalue weighted by molar-refractivity contribution is -0.686. The summed E-state index contributed by atoms with van der Waals surface area (Å²) in [6.45, 7) is 11.3. The lowest BCUT2D eigenvalue weighted by Gasteiger charge is -2.16. The highest BCUT2D eigenvalue weighted by atomic mass is 32.1. The summed E-state index contributed by atoms with van der Waals surface area (Å²) in [5.74, 6) is 0.936. The highest BCUT2D eigenvalue weighted by Gasteiger charge is 2.28. The van der Waals surface area contributed by atoms with E-state index in [0.717, 1.165) is 19.0 Å². The molecule has 1 aliphatic carbocycles. The van der Waals surface area contributed by atoms with Gasteiger partial charge >= 0.3 is 5.13 Å². The van der Waals surface area contributed by atoms with Crippen molar-refractivity contribution in [1.29, 1.82) is 0 Å². The SMILES string of the molecule is CC[n+]1c(C(C)(C)C)csc1NCC1CC1. The molecule has 2 nitrogen and oxygen atoms in total. The Balaban J connectivity index is 2.14. The van der Waals surface area contributed by atoms with E-state index in [2.05, 4.69) is 43.0 Å².